The molecule has 1 aromatic carbocycles. The second-order valence-electron chi connectivity index (χ2n) is 9.11. The first-order valence-corrected chi connectivity index (χ1v) is 13.5. The molecular weight excluding hydrogens is 488 g/mol. The highest BCUT2D eigenvalue weighted by molar-refractivity contribution is 7.13. The molecule has 4 rings (SSSR count). The number of aromatic nitrogens is 2. The third-order valence-corrected chi connectivity index (χ3v) is 6.90. The summed E-state index contributed by atoms with van der Waals surface area (Å²) in [7, 11) is 0. The van der Waals surface area contributed by atoms with Crippen LogP contribution in [0.3, 0.4) is 0 Å². The van der Waals surface area contributed by atoms with Gasteiger partial charge in [-0.2, -0.15) is 0 Å². The molecule has 9 heteroatoms. The minimum Gasteiger partial charge on any atom is -0.360 e. The number of amides is 2. The van der Waals surface area contributed by atoms with Crippen molar-refractivity contribution in [3.63, 3.8) is 0 Å². The van der Waals surface area contributed by atoms with Crippen molar-refractivity contribution >= 4 is 29.4 Å². The Labute approximate surface area is 223 Å². The van der Waals surface area contributed by atoms with E-state index in [1.54, 1.807) is 22.3 Å². The standard InChI is InChI=1S/C14H20N2O3.C12H12N2OS.C2H6/c1-8(2)13(12-5-9(3)15-19-12)14(18)16-7-11(17)6-10(16)4;1-9-12(16-8-14-9)11-4-2-10(3-5-11)6-13-7-15;1-2/h5,8,10,13H,6-7H2,1-4H3;2-5,7-8H,6H2,1H3,(H,13,15);1-2H3. The Morgan fingerprint density at radius 1 is 1.24 bits per heavy atom. The topological polar surface area (TPSA) is 105 Å². The summed E-state index contributed by atoms with van der Waals surface area (Å²) in [4.78, 5) is 41.4. The summed E-state index contributed by atoms with van der Waals surface area (Å²) >= 11 is 1.64. The summed E-state index contributed by atoms with van der Waals surface area (Å²) in [5.41, 5.74) is 5.95. The van der Waals surface area contributed by atoms with E-state index in [9.17, 15) is 14.4 Å². The number of ketones is 1. The summed E-state index contributed by atoms with van der Waals surface area (Å²) in [6.07, 6.45) is 1.16. The molecule has 0 aliphatic carbocycles. The van der Waals surface area contributed by atoms with Gasteiger partial charge in [0.05, 0.1) is 28.3 Å². The molecule has 1 aliphatic heterocycles. The van der Waals surface area contributed by atoms with Crippen molar-refractivity contribution in [3.05, 3.63) is 58.6 Å². The molecule has 3 aromatic rings. The molecule has 1 aliphatic rings. The highest BCUT2D eigenvalue weighted by atomic mass is 32.1. The van der Waals surface area contributed by atoms with Gasteiger partial charge in [-0.25, -0.2) is 4.98 Å². The molecule has 200 valence electrons. The molecular formula is C28H38N4O4S. The van der Waals surface area contributed by atoms with E-state index in [-0.39, 0.29) is 36.1 Å². The number of likely N-dealkylation sites (tertiary alicyclic amines) is 1. The molecule has 0 spiro atoms. The van der Waals surface area contributed by atoms with Gasteiger partial charge in [-0.3, -0.25) is 14.4 Å². The zero-order valence-electron chi connectivity index (χ0n) is 22.8. The molecule has 3 heterocycles. The van der Waals surface area contributed by atoms with E-state index >= 15 is 0 Å². The number of nitrogens with one attached hydrogen (secondary N) is 1. The monoisotopic (exact) mass is 526 g/mol. The SMILES string of the molecule is CC.Cc1cc(C(C(=O)N2CC(=O)CC2C)C(C)C)on1.Cc1ncsc1-c1ccc(CNC=O)cc1. The minimum atomic E-state index is -0.366. The van der Waals surface area contributed by atoms with Gasteiger partial charge in [0.2, 0.25) is 12.3 Å². The molecule has 2 atom stereocenters. The molecule has 0 bridgehead atoms. The Morgan fingerprint density at radius 2 is 1.92 bits per heavy atom. The largest absolute Gasteiger partial charge is 0.360 e. The molecule has 1 saturated heterocycles. The summed E-state index contributed by atoms with van der Waals surface area (Å²) in [6.45, 7) is 14.5. The Hall–Kier alpha value is -3.33. The molecule has 0 radical (unpaired) electrons. The maximum Gasteiger partial charge on any atom is 0.234 e. The fraction of sp³-hybridized carbons (Fsp3) is 0.464. The maximum atomic E-state index is 12.6. The van der Waals surface area contributed by atoms with Gasteiger partial charge in [0.25, 0.3) is 0 Å². The second kappa shape index (κ2) is 14.4. The Balaban J connectivity index is 0.000000247. The van der Waals surface area contributed by atoms with Gasteiger partial charge >= 0.3 is 0 Å². The third-order valence-electron chi connectivity index (χ3n) is 5.92. The number of carbonyl (C=O) groups excluding carboxylic acids is 3. The van der Waals surface area contributed by atoms with E-state index in [1.165, 1.54) is 10.4 Å². The van der Waals surface area contributed by atoms with E-state index in [2.05, 4.69) is 27.6 Å². The first kappa shape index (κ1) is 29.9. The van der Waals surface area contributed by atoms with Gasteiger partial charge in [-0.05, 0) is 37.8 Å². The molecule has 1 fully saturated rings. The second-order valence-corrected chi connectivity index (χ2v) is 9.97. The van der Waals surface area contributed by atoms with Crippen LogP contribution in [0.2, 0.25) is 0 Å². The number of benzene rings is 1. The van der Waals surface area contributed by atoms with Crippen molar-refractivity contribution in [2.45, 2.75) is 73.4 Å². The first-order chi connectivity index (χ1) is 17.7. The number of carbonyl (C=O) groups is 3. The van der Waals surface area contributed by atoms with Crippen LogP contribution in [-0.2, 0) is 20.9 Å². The molecule has 2 unspecified atom stereocenters. The van der Waals surface area contributed by atoms with Crippen LogP contribution in [0.25, 0.3) is 10.4 Å². The minimum absolute atomic E-state index is 0.0229. The number of nitrogens with zero attached hydrogens (tertiary/aromatic N) is 3. The zero-order chi connectivity index (χ0) is 27.5. The van der Waals surface area contributed by atoms with Crippen molar-refractivity contribution in [3.8, 4) is 10.4 Å². The highest BCUT2D eigenvalue weighted by Gasteiger charge is 2.38. The van der Waals surface area contributed by atoms with E-state index in [0.717, 1.165) is 17.0 Å². The Kier molecular flexibility index (Phi) is 11.7. The number of aryl methyl sites for hydroxylation is 2. The Morgan fingerprint density at radius 3 is 2.38 bits per heavy atom. The van der Waals surface area contributed by atoms with E-state index in [4.69, 9.17) is 4.52 Å². The molecule has 1 N–H and O–H groups in total. The fourth-order valence-corrected chi connectivity index (χ4v) is 4.91. The lowest BCUT2D eigenvalue weighted by Crippen LogP contribution is -2.39. The van der Waals surface area contributed by atoms with Gasteiger partial charge in [-0.15, -0.1) is 11.3 Å². The van der Waals surface area contributed by atoms with E-state index in [0.29, 0.717) is 25.1 Å². The van der Waals surface area contributed by atoms with Gasteiger partial charge < -0.3 is 14.7 Å². The van der Waals surface area contributed by atoms with Gasteiger partial charge in [0, 0.05) is 25.1 Å². The quantitative estimate of drug-likeness (QED) is 0.419. The van der Waals surface area contributed by atoms with Crippen LogP contribution in [0.4, 0.5) is 0 Å². The van der Waals surface area contributed by atoms with Gasteiger partial charge in [0.15, 0.2) is 5.78 Å². The average molecular weight is 527 g/mol. The number of hydrogen-bond acceptors (Lipinski definition) is 7. The van der Waals surface area contributed by atoms with Crippen LogP contribution in [0.1, 0.15) is 69.7 Å². The predicted octanol–water partition coefficient (Wildman–Crippen LogP) is 5.30. The lowest BCUT2D eigenvalue weighted by Gasteiger charge is -2.26. The van der Waals surface area contributed by atoms with Gasteiger partial charge in [-0.1, -0.05) is 57.1 Å². The van der Waals surface area contributed by atoms with Crippen LogP contribution in [0.5, 0.6) is 0 Å². The molecule has 2 amide bonds. The zero-order valence-corrected chi connectivity index (χ0v) is 23.6. The van der Waals surface area contributed by atoms with Crippen LogP contribution in [-0.4, -0.2) is 45.7 Å². The summed E-state index contributed by atoms with van der Waals surface area (Å²) in [5.74, 6) is 0.406. The highest BCUT2D eigenvalue weighted by Crippen LogP contribution is 2.30. The number of thiazole rings is 1. The first-order valence-electron chi connectivity index (χ1n) is 12.6. The molecule has 2 aromatic heterocycles. The molecule has 37 heavy (non-hydrogen) atoms. The van der Waals surface area contributed by atoms with Crippen molar-refractivity contribution in [1.82, 2.24) is 20.4 Å². The normalized spacial score (nSPS) is 15.4. The molecule has 8 nitrogen and oxygen atoms in total. The maximum absolute atomic E-state index is 12.6. The van der Waals surface area contributed by atoms with Crippen LogP contribution >= 0.6 is 11.3 Å². The third kappa shape index (κ3) is 8.08. The molecule has 0 saturated carbocycles. The fourth-order valence-electron chi connectivity index (χ4n) is 4.10. The lowest BCUT2D eigenvalue weighted by atomic mass is 9.91. The van der Waals surface area contributed by atoms with Crippen molar-refractivity contribution in [1.29, 1.82) is 0 Å². The number of hydrogen-bond donors (Lipinski definition) is 1. The van der Waals surface area contributed by atoms with Crippen LogP contribution in [0.15, 0.2) is 40.4 Å². The summed E-state index contributed by atoms with van der Waals surface area (Å²) < 4.78 is 5.25. The average Bonchev–Trinajstić information content (AvgIpc) is 3.59. The van der Waals surface area contributed by atoms with Crippen molar-refractivity contribution < 1.29 is 18.9 Å². The smallest absolute Gasteiger partial charge is 0.234 e. The number of Topliss-reactive ketones (excluding diaryl/α,β-unsaturated/α-hetero) is 1. The van der Waals surface area contributed by atoms with Crippen molar-refractivity contribution in [2.75, 3.05) is 6.54 Å². The van der Waals surface area contributed by atoms with Gasteiger partial charge in [0.1, 0.15) is 11.7 Å². The van der Waals surface area contributed by atoms with E-state index in [1.807, 2.05) is 66.1 Å². The lowest BCUT2D eigenvalue weighted by molar-refractivity contribution is -0.136. The van der Waals surface area contributed by atoms with E-state index < -0.39 is 0 Å². The predicted molar refractivity (Wildman–Crippen MR) is 146 cm³/mol. The van der Waals surface area contributed by atoms with Crippen LogP contribution < -0.4 is 5.32 Å². The Bertz CT molecular complexity index is 1150. The van der Waals surface area contributed by atoms with Crippen LogP contribution in [0, 0.1) is 19.8 Å². The van der Waals surface area contributed by atoms with Crippen molar-refractivity contribution in [2.24, 2.45) is 5.92 Å². The summed E-state index contributed by atoms with van der Waals surface area (Å²) in [6, 6.07) is 9.93. The number of rotatable bonds is 7. The summed E-state index contributed by atoms with van der Waals surface area (Å²) in [5, 5.41) is 6.49.